The van der Waals surface area contributed by atoms with E-state index in [1.165, 1.54) is 16.7 Å². The first-order valence-corrected chi connectivity index (χ1v) is 7.24. The number of carbonyl (C=O) groups excluding carboxylic acids is 1. The van der Waals surface area contributed by atoms with E-state index >= 15 is 0 Å². The Balaban J connectivity index is 1.88. The molecule has 1 aromatic carbocycles. The molecule has 2 atom stereocenters. The summed E-state index contributed by atoms with van der Waals surface area (Å²) in [4.78, 5) is 12.1. The Hall–Kier alpha value is -1.39. The minimum absolute atomic E-state index is 0.0194. The van der Waals surface area contributed by atoms with Crippen molar-refractivity contribution in [3.63, 3.8) is 0 Å². The summed E-state index contributed by atoms with van der Waals surface area (Å²) in [6.45, 7) is 8.25. The monoisotopic (exact) mass is 276 g/mol. The van der Waals surface area contributed by atoms with Crippen molar-refractivity contribution < 1.29 is 9.53 Å². The van der Waals surface area contributed by atoms with Crippen LogP contribution in [0.15, 0.2) is 18.2 Å². The number of rotatable bonds is 4. The van der Waals surface area contributed by atoms with E-state index in [0.29, 0.717) is 13.2 Å². The highest BCUT2D eigenvalue weighted by molar-refractivity contribution is 5.81. The Morgan fingerprint density at radius 1 is 1.40 bits per heavy atom. The molecule has 4 nitrogen and oxygen atoms in total. The second-order valence-corrected chi connectivity index (χ2v) is 5.67. The summed E-state index contributed by atoms with van der Waals surface area (Å²) < 4.78 is 5.45. The first-order chi connectivity index (χ1) is 9.54. The van der Waals surface area contributed by atoms with E-state index < -0.39 is 0 Å². The minimum Gasteiger partial charge on any atom is -0.366 e. The van der Waals surface area contributed by atoms with Gasteiger partial charge in [-0.15, -0.1) is 0 Å². The van der Waals surface area contributed by atoms with E-state index in [-0.39, 0.29) is 18.1 Å². The van der Waals surface area contributed by atoms with E-state index in [0.717, 1.165) is 13.0 Å². The van der Waals surface area contributed by atoms with E-state index in [1.807, 2.05) is 6.92 Å². The quantitative estimate of drug-likeness (QED) is 0.872. The lowest BCUT2D eigenvalue weighted by Crippen LogP contribution is -2.50. The van der Waals surface area contributed by atoms with Crippen LogP contribution in [0.25, 0.3) is 0 Å². The van der Waals surface area contributed by atoms with Gasteiger partial charge in [0.25, 0.3) is 5.91 Å². The molecule has 1 saturated heterocycles. The van der Waals surface area contributed by atoms with Crippen LogP contribution in [0.1, 0.15) is 23.6 Å². The second-order valence-electron chi connectivity index (χ2n) is 5.67. The molecule has 4 heteroatoms. The highest BCUT2D eigenvalue weighted by Gasteiger charge is 2.22. The Bertz CT molecular complexity index is 447. The van der Waals surface area contributed by atoms with Crippen LogP contribution in [-0.2, 0) is 16.0 Å². The Labute approximate surface area is 120 Å². The third-order valence-electron chi connectivity index (χ3n) is 3.43. The smallest absolute Gasteiger partial charge is 0.250 e. The lowest BCUT2D eigenvalue weighted by molar-refractivity contribution is -0.134. The van der Waals surface area contributed by atoms with Gasteiger partial charge in [-0.3, -0.25) is 4.79 Å². The summed E-state index contributed by atoms with van der Waals surface area (Å²) in [5, 5.41) is 6.20. The molecule has 0 saturated carbocycles. The van der Waals surface area contributed by atoms with Gasteiger partial charge in [-0.1, -0.05) is 29.3 Å². The number of ether oxygens (including phenoxy) is 1. The molecule has 0 aromatic heterocycles. The highest BCUT2D eigenvalue weighted by atomic mass is 16.5. The average molecular weight is 276 g/mol. The molecule has 1 fully saturated rings. The number of carbonyl (C=O) groups is 1. The zero-order valence-electron chi connectivity index (χ0n) is 12.5. The van der Waals surface area contributed by atoms with Gasteiger partial charge in [-0.05, 0) is 32.8 Å². The Morgan fingerprint density at radius 3 is 2.70 bits per heavy atom. The zero-order valence-corrected chi connectivity index (χ0v) is 12.5. The maximum Gasteiger partial charge on any atom is 0.250 e. The largest absolute Gasteiger partial charge is 0.366 e. The zero-order chi connectivity index (χ0) is 14.5. The van der Waals surface area contributed by atoms with Gasteiger partial charge in [-0.25, -0.2) is 0 Å². The molecular formula is C16H24N2O2. The van der Waals surface area contributed by atoms with Crippen LogP contribution in [0.4, 0.5) is 0 Å². The highest BCUT2D eigenvalue weighted by Crippen LogP contribution is 2.11. The third kappa shape index (κ3) is 4.32. The van der Waals surface area contributed by atoms with Crippen molar-refractivity contribution in [3.05, 3.63) is 34.9 Å². The summed E-state index contributed by atoms with van der Waals surface area (Å²) >= 11 is 0. The van der Waals surface area contributed by atoms with Gasteiger partial charge in [0.2, 0.25) is 0 Å². The molecule has 2 unspecified atom stereocenters. The first-order valence-electron chi connectivity index (χ1n) is 7.24. The molecule has 1 aromatic rings. The fourth-order valence-electron chi connectivity index (χ4n) is 2.66. The number of aryl methyl sites for hydroxylation is 2. The van der Waals surface area contributed by atoms with E-state index in [1.54, 1.807) is 0 Å². The predicted molar refractivity (Wildman–Crippen MR) is 79.8 cm³/mol. The fourth-order valence-corrected chi connectivity index (χ4v) is 2.66. The lowest BCUT2D eigenvalue weighted by Gasteiger charge is -2.24. The van der Waals surface area contributed by atoms with Gasteiger partial charge < -0.3 is 15.4 Å². The van der Waals surface area contributed by atoms with Crippen LogP contribution in [0.3, 0.4) is 0 Å². The van der Waals surface area contributed by atoms with Crippen molar-refractivity contribution in [2.45, 2.75) is 39.3 Å². The fraction of sp³-hybridized carbons (Fsp3) is 0.562. The van der Waals surface area contributed by atoms with Crippen LogP contribution in [0.5, 0.6) is 0 Å². The summed E-state index contributed by atoms with van der Waals surface area (Å²) in [6.07, 6.45) is 0.486. The topological polar surface area (TPSA) is 50.4 Å². The molecule has 0 spiro atoms. The van der Waals surface area contributed by atoms with Crippen LogP contribution in [0, 0.1) is 13.8 Å². The number of amides is 1. The normalized spacial score (nSPS) is 20.4. The molecule has 0 bridgehead atoms. The number of hydrogen-bond donors (Lipinski definition) is 2. The van der Waals surface area contributed by atoms with E-state index in [2.05, 4.69) is 42.7 Å². The molecule has 110 valence electrons. The van der Waals surface area contributed by atoms with Crippen LogP contribution < -0.4 is 10.6 Å². The number of hydrogen-bond acceptors (Lipinski definition) is 3. The summed E-state index contributed by atoms with van der Waals surface area (Å²) in [7, 11) is 0. The molecule has 2 N–H and O–H groups in total. The van der Waals surface area contributed by atoms with Gasteiger partial charge in [0.15, 0.2) is 0 Å². The molecule has 1 aliphatic heterocycles. The van der Waals surface area contributed by atoms with E-state index in [4.69, 9.17) is 4.74 Å². The summed E-state index contributed by atoms with van der Waals surface area (Å²) in [5.74, 6) is -0.0194. The maximum absolute atomic E-state index is 12.1. The van der Waals surface area contributed by atoms with Crippen molar-refractivity contribution >= 4 is 5.91 Å². The first kappa shape index (κ1) is 15.0. The Kier molecular flexibility index (Phi) is 5.15. The maximum atomic E-state index is 12.1. The van der Waals surface area contributed by atoms with Gasteiger partial charge in [0.1, 0.15) is 6.10 Å². The van der Waals surface area contributed by atoms with Crippen molar-refractivity contribution in [1.82, 2.24) is 10.6 Å². The summed E-state index contributed by atoms with van der Waals surface area (Å²) in [5.41, 5.74) is 3.79. The predicted octanol–water partition coefficient (Wildman–Crippen LogP) is 1.34. The standard InChI is InChI=1S/C16H24N2O2/c1-11-6-12(2)8-14(7-11)9-13(3)18-16(19)15-10-17-4-5-20-15/h6-8,13,15,17H,4-5,9-10H2,1-3H3,(H,18,19). The molecule has 0 radical (unpaired) electrons. The number of nitrogens with one attached hydrogen (secondary N) is 2. The van der Waals surface area contributed by atoms with Gasteiger partial charge in [0, 0.05) is 19.1 Å². The van der Waals surface area contributed by atoms with Crippen molar-refractivity contribution in [2.75, 3.05) is 19.7 Å². The van der Waals surface area contributed by atoms with Crippen molar-refractivity contribution in [2.24, 2.45) is 0 Å². The van der Waals surface area contributed by atoms with Gasteiger partial charge >= 0.3 is 0 Å². The van der Waals surface area contributed by atoms with Gasteiger partial charge in [0.05, 0.1) is 6.61 Å². The summed E-state index contributed by atoms with van der Waals surface area (Å²) in [6, 6.07) is 6.62. The van der Waals surface area contributed by atoms with Crippen molar-refractivity contribution in [1.29, 1.82) is 0 Å². The third-order valence-corrected chi connectivity index (χ3v) is 3.43. The molecule has 1 amide bonds. The van der Waals surface area contributed by atoms with E-state index in [9.17, 15) is 4.79 Å². The minimum atomic E-state index is -0.356. The van der Waals surface area contributed by atoms with Crippen LogP contribution in [-0.4, -0.2) is 37.7 Å². The lowest BCUT2D eigenvalue weighted by atomic mass is 10.0. The molecule has 1 heterocycles. The molecule has 1 aliphatic rings. The molecule has 2 rings (SSSR count). The Morgan fingerprint density at radius 2 is 2.10 bits per heavy atom. The number of morpholine rings is 1. The number of benzene rings is 1. The molecule has 20 heavy (non-hydrogen) atoms. The second kappa shape index (κ2) is 6.86. The average Bonchev–Trinajstić information content (AvgIpc) is 2.38. The SMILES string of the molecule is Cc1cc(C)cc(CC(C)NC(=O)C2CNCCO2)c1. The van der Waals surface area contributed by atoms with Gasteiger partial charge in [-0.2, -0.15) is 0 Å². The van der Waals surface area contributed by atoms with Crippen molar-refractivity contribution in [3.8, 4) is 0 Å². The molecule has 0 aliphatic carbocycles. The molecular weight excluding hydrogens is 252 g/mol. The van der Waals surface area contributed by atoms with Crippen LogP contribution in [0.2, 0.25) is 0 Å². The van der Waals surface area contributed by atoms with Crippen LogP contribution >= 0.6 is 0 Å².